The third-order valence-electron chi connectivity index (χ3n) is 3.06. The van der Waals surface area contributed by atoms with E-state index in [1.54, 1.807) is 11.3 Å². The summed E-state index contributed by atoms with van der Waals surface area (Å²) < 4.78 is 5.70. The van der Waals surface area contributed by atoms with Crippen LogP contribution in [0.15, 0.2) is 21.9 Å². The lowest BCUT2D eigenvalue weighted by atomic mass is 10.4. The topological polar surface area (TPSA) is 53.1 Å². The summed E-state index contributed by atoms with van der Waals surface area (Å²) in [6.45, 7) is 1.88. The molecule has 3 heterocycles. The highest BCUT2D eigenvalue weighted by molar-refractivity contribution is 7.10. The molecular weight excluding hydrogens is 258 g/mol. The van der Waals surface area contributed by atoms with Crippen LogP contribution < -0.4 is 4.90 Å². The maximum atomic E-state index is 9.12. The van der Waals surface area contributed by atoms with Crippen molar-refractivity contribution in [1.29, 1.82) is 5.26 Å². The van der Waals surface area contributed by atoms with E-state index < -0.39 is 0 Å². The van der Waals surface area contributed by atoms with E-state index in [0.717, 1.165) is 30.8 Å². The number of oxazole rings is 1. The average molecular weight is 271 g/mol. The van der Waals surface area contributed by atoms with Crippen molar-refractivity contribution in [1.82, 2.24) is 4.98 Å². The first-order valence-corrected chi connectivity index (χ1v) is 7.12. The molecule has 0 saturated carbocycles. The molecule has 4 nitrogen and oxygen atoms in total. The van der Waals surface area contributed by atoms with Crippen LogP contribution in [0.25, 0.3) is 12.2 Å². The van der Waals surface area contributed by atoms with Crippen LogP contribution in [0.4, 0.5) is 5.88 Å². The predicted molar refractivity (Wildman–Crippen MR) is 75.9 cm³/mol. The smallest absolute Gasteiger partial charge is 0.235 e. The van der Waals surface area contributed by atoms with Crippen LogP contribution in [0.2, 0.25) is 0 Å². The van der Waals surface area contributed by atoms with Crippen molar-refractivity contribution in [3.63, 3.8) is 0 Å². The molecule has 1 fully saturated rings. The Morgan fingerprint density at radius 3 is 2.89 bits per heavy atom. The molecule has 1 aliphatic rings. The van der Waals surface area contributed by atoms with Crippen molar-refractivity contribution in [2.24, 2.45) is 0 Å². The van der Waals surface area contributed by atoms with E-state index in [0.29, 0.717) is 17.5 Å². The van der Waals surface area contributed by atoms with E-state index >= 15 is 0 Å². The van der Waals surface area contributed by atoms with Gasteiger partial charge in [0.2, 0.25) is 17.5 Å². The number of hydrogen-bond acceptors (Lipinski definition) is 5. The number of anilines is 1. The highest BCUT2D eigenvalue weighted by Gasteiger charge is 2.21. The van der Waals surface area contributed by atoms with Gasteiger partial charge in [0.15, 0.2) is 0 Å². The number of thiophene rings is 1. The Morgan fingerprint density at radius 2 is 2.21 bits per heavy atom. The molecule has 0 unspecified atom stereocenters. The second-order valence-corrected chi connectivity index (χ2v) is 5.34. The predicted octanol–water partition coefficient (Wildman–Crippen LogP) is 3.38. The van der Waals surface area contributed by atoms with Crippen LogP contribution in [-0.2, 0) is 0 Å². The Hall–Kier alpha value is -2.06. The highest BCUT2D eigenvalue weighted by Crippen LogP contribution is 2.26. The summed E-state index contributed by atoms with van der Waals surface area (Å²) in [5, 5.41) is 11.1. The Bertz CT molecular complexity index is 616. The normalized spacial score (nSPS) is 15.2. The summed E-state index contributed by atoms with van der Waals surface area (Å²) in [6.07, 6.45) is 6.05. The van der Waals surface area contributed by atoms with Crippen LogP contribution >= 0.6 is 11.3 Å². The summed E-state index contributed by atoms with van der Waals surface area (Å²) in [4.78, 5) is 7.45. The first kappa shape index (κ1) is 12.0. The van der Waals surface area contributed by atoms with Crippen molar-refractivity contribution in [3.05, 3.63) is 34.0 Å². The monoisotopic (exact) mass is 271 g/mol. The molecule has 96 valence electrons. The minimum atomic E-state index is 0.382. The maximum absolute atomic E-state index is 9.12. The highest BCUT2D eigenvalue weighted by atomic mass is 32.1. The van der Waals surface area contributed by atoms with Gasteiger partial charge in [-0.3, -0.25) is 0 Å². The summed E-state index contributed by atoms with van der Waals surface area (Å²) in [7, 11) is 0. The molecule has 0 aliphatic carbocycles. The minimum absolute atomic E-state index is 0.382. The number of nitriles is 1. The first-order chi connectivity index (χ1) is 9.36. The second kappa shape index (κ2) is 5.29. The Labute approximate surface area is 115 Å². The van der Waals surface area contributed by atoms with Gasteiger partial charge in [-0.05, 0) is 30.4 Å². The molecule has 0 spiro atoms. The molecule has 0 radical (unpaired) electrons. The van der Waals surface area contributed by atoms with E-state index in [-0.39, 0.29) is 0 Å². The summed E-state index contributed by atoms with van der Waals surface area (Å²) in [5.74, 6) is 1.11. The Morgan fingerprint density at radius 1 is 1.37 bits per heavy atom. The van der Waals surface area contributed by atoms with Gasteiger partial charge in [0, 0.05) is 24.0 Å². The summed E-state index contributed by atoms with van der Waals surface area (Å²) in [5.41, 5.74) is 0.382. The molecule has 19 heavy (non-hydrogen) atoms. The fourth-order valence-electron chi connectivity index (χ4n) is 2.15. The van der Waals surface area contributed by atoms with Gasteiger partial charge in [-0.2, -0.15) is 10.2 Å². The van der Waals surface area contributed by atoms with Crippen LogP contribution in [0.3, 0.4) is 0 Å². The lowest BCUT2D eigenvalue weighted by Gasteiger charge is -2.12. The molecule has 0 atom stereocenters. The molecule has 2 aromatic heterocycles. The standard InChI is InChI=1S/C14H13N3OS/c15-10-12-14(17-7-1-2-8-17)18-13(16-12)6-5-11-4-3-9-19-11/h3-6,9H,1-2,7-8H2. The lowest BCUT2D eigenvalue weighted by Crippen LogP contribution is -2.17. The summed E-state index contributed by atoms with van der Waals surface area (Å²) in [6, 6.07) is 6.13. The zero-order valence-electron chi connectivity index (χ0n) is 10.4. The largest absolute Gasteiger partial charge is 0.420 e. The van der Waals surface area contributed by atoms with Crippen LogP contribution in [-0.4, -0.2) is 18.1 Å². The van der Waals surface area contributed by atoms with Gasteiger partial charge < -0.3 is 9.32 Å². The molecule has 3 rings (SSSR count). The van der Waals surface area contributed by atoms with E-state index in [1.807, 2.05) is 29.7 Å². The third kappa shape index (κ3) is 2.54. The molecule has 2 aromatic rings. The average Bonchev–Trinajstić information content (AvgIpc) is 3.16. The first-order valence-electron chi connectivity index (χ1n) is 6.24. The van der Waals surface area contributed by atoms with E-state index in [1.165, 1.54) is 0 Å². The number of hydrogen-bond donors (Lipinski definition) is 0. The molecule has 5 heteroatoms. The zero-order valence-corrected chi connectivity index (χ0v) is 11.2. The van der Waals surface area contributed by atoms with Crippen molar-refractivity contribution in [3.8, 4) is 6.07 Å². The quantitative estimate of drug-likeness (QED) is 0.858. The van der Waals surface area contributed by atoms with Gasteiger partial charge in [-0.25, -0.2) is 0 Å². The Balaban J connectivity index is 1.85. The van der Waals surface area contributed by atoms with E-state index in [4.69, 9.17) is 9.68 Å². The zero-order chi connectivity index (χ0) is 13.1. The van der Waals surface area contributed by atoms with Crippen molar-refractivity contribution in [2.45, 2.75) is 12.8 Å². The molecule has 0 bridgehead atoms. The van der Waals surface area contributed by atoms with Crippen molar-refractivity contribution >= 4 is 29.4 Å². The molecule has 0 amide bonds. The number of nitrogens with zero attached hydrogens (tertiary/aromatic N) is 3. The fourth-order valence-corrected chi connectivity index (χ4v) is 2.76. The van der Waals surface area contributed by atoms with Gasteiger partial charge in [0.05, 0.1) is 0 Å². The van der Waals surface area contributed by atoms with Gasteiger partial charge in [0.25, 0.3) is 0 Å². The number of aromatic nitrogens is 1. The summed E-state index contributed by atoms with van der Waals surface area (Å²) >= 11 is 1.65. The van der Waals surface area contributed by atoms with Gasteiger partial charge in [0.1, 0.15) is 6.07 Å². The molecular formula is C14H13N3OS. The van der Waals surface area contributed by atoms with Crippen LogP contribution in [0.1, 0.15) is 29.3 Å². The minimum Gasteiger partial charge on any atom is -0.420 e. The molecule has 1 aliphatic heterocycles. The van der Waals surface area contributed by atoms with Crippen LogP contribution in [0, 0.1) is 11.3 Å². The van der Waals surface area contributed by atoms with E-state index in [9.17, 15) is 0 Å². The fraction of sp³-hybridized carbons (Fsp3) is 0.286. The van der Waals surface area contributed by atoms with Crippen molar-refractivity contribution in [2.75, 3.05) is 18.0 Å². The molecule has 0 aromatic carbocycles. The third-order valence-corrected chi connectivity index (χ3v) is 3.90. The van der Waals surface area contributed by atoms with Crippen LogP contribution in [0.5, 0.6) is 0 Å². The van der Waals surface area contributed by atoms with Gasteiger partial charge >= 0.3 is 0 Å². The second-order valence-electron chi connectivity index (χ2n) is 4.36. The van der Waals surface area contributed by atoms with Crippen molar-refractivity contribution < 1.29 is 4.42 Å². The Kier molecular flexibility index (Phi) is 3.34. The number of rotatable bonds is 3. The molecule has 0 N–H and O–H groups in total. The SMILES string of the molecule is N#Cc1nc(C=Cc2cccs2)oc1N1CCCC1. The molecule has 1 saturated heterocycles. The van der Waals surface area contributed by atoms with Gasteiger partial charge in [-0.15, -0.1) is 11.3 Å². The van der Waals surface area contributed by atoms with E-state index in [2.05, 4.69) is 16.0 Å². The lowest BCUT2D eigenvalue weighted by molar-refractivity contribution is 0.538. The van der Waals surface area contributed by atoms with Gasteiger partial charge in [-0.1, -0.05) is 6.07 Å². The maximum Gasteiger partial charge on any atom is 0.235 e.